The van der Waals surface area contributed by atoms with E-state index in [2.05, 4.69) is 48.2 Å². The normalized spacial score (nSPS) is 11.5. The van der Waals surface area contributed by atoms with Crippen LogP contribution in [0.4, 0.5) is 0 Å². The van der Waals surface area contributed by atoms with E-state index < -0.39 is 0 Å². The number of hydrogen-bond donors (Lipinski definition) is 1. The molecule has 0 radical (unpaired) electrons. The lowest BCUT2D eigenvalue weighted by atomic mass is 10.2. The standard InChI is InChI=1S/C15H26N6/c1-5-6-20-15(17-11-19-20)10-21-13(4)14(9-18-21)8-16-7-12(2)3/h9,11-12,16H,5-8,10H2,1-4H3. The first-order valence-electron chi connectivity index (χ1n) is 7.70. The number of nitrogens with zero attached hydrogens (tertiary/aromatic N) is 5. The van der Waals surface area contributed by atoms with Crippen LogP contribution in [-0.4, -0.2) is 31.1 Å². The minimum atomic E-state index is 0.660. The molecule has 0 atom stereocenters. The summed E-state index contributed by atoms with van der Waals surface area (Å²) in [4.78, 5) is 4.34. The molecule has 1 N–H and O–H groups in total. The lowest BCUT2D eigenvalue weighted by molar-refractivity contribution is 0.532. The molecule has 0 amide bonds. The van der Waals surface area contributed by atoms with Crippen LogP contribution in [0.25, 0.3) is 0 Å². The minimum Gasteiger partial charge on any atom is -0.312 e. The van der Waals surface area contributed by atoms with Gasteiger partial charge in [-0.2, -0.15) is 10.2 Å². The van der Waals surface area contributed by atoms with E-state index in [0.29, 0.717) is 12.5 Å². The van der Waals surface area contributed by atoms with Crippen molar-refractivity contribution in [1.29, 1.82) is 0 Å². The molecule has 0 fully saturated rings. The molecule has 6 heteroatoms. The zero-order valence-corrected chi connectivity index (χ0v) is 13.5. The van der Waals surface area contributed by atoms with E-state index in [-0.39, 0.29) is 0 Å². The van der Waals surface area contributed by atoms with Crippen LogP contribution in [-0.2, 0) is 19.6 Å². The van der Waals surface area contributed by atoms with Gasteiger partial charge in [-0.05, 0) is 25.8 Å². The smallest absolute Gasteiger partial charge is 0.148 e. The quantitative estimate of drug-likeness (QED) is 0.807. The summed E-state index contributed by atoms with van der Waals surface area (Å²) < 4.78 is 3.96. The molecule has 2 rings (SSSR count). The summed E-state index contributed by atoms with van der Waals surface area (Å²) in [7, 11) is 0. The molecular weight excluding hydrogens is 264 g/mol. The van der Waals surface area contributed by atoms with Crippen molar-refractivity contribution in [1.82, 2.24) is 29.9 Å². The van der Waals surface area contributed by atoms with Crippen LogP contribution in [0.15, 0.2) is 12.5 Å². The maximum Gasteiger partial charge on any atom is 0.148 e. The summed E-state index contributed by atoms with van der Waals surface area (Å²) in [5.41, 5.74) is 2.44. The fourth-order valence-corrected chi connectivity index (χ4v) is 2.26. The van der Waals surface area contributed by atoms with Crippen LogP contribution in [0.5, 0.6) is 0 Å². The van der Waals surface area contributed by atoms with Gasteiger partial charge in [-0.1, -0.05) is 20.8 Å². The van der Waals surface area contributed by atoms with E-state index >= 15 is 0 Å². The van der Waals surface area contributed by atoms with Gasteiger partial charge in [0, 0.05) is 24.3 Å². The summed E-state index contributed by atoms with van der Waals surface area (Å²) in [6, 6.07) is 0. The van der Waals surface area contributed by atoms with Crippen molar-refractivity contribution >= 4 is 0 Å². The molecule has 0 saturated carbocycles. The monoisotopic (exact) mass is 290 g/mol. The Kier molecular flexibility index (Phi) is 5.50. The Morgan fingerprint density at radius 2 is 2.05 bits per heavy atom. The molecule has 2 aromatic rings. The van der Waals surface area contributed by atoms with Gasteiger partial charge in [0.05, 0.1) is 6.20 Å². The minimum absolute atomic E-state index is 0.660. The lowest BCUT2D eigenvalue weighted by Gasteiger charge is -2.08. The summed E-state index contributed by atoms with van der Waals surface area (Å²) in [6.07, 6.45) is 4.62. The Morgan fingerprint density at radius 1 is 1.24 bits per heavy atom. The fraction of sp³-hybridized carbons (Fsp3) is 0.667. The average Bonchev–Trinajstić information content (AvgIpc) is 3.01. The molecule has 21 heavy (non-hydrogen) atoms. The van der Waals surface area contributed by atoms with Gasteiger partial charge >= 0.3 is 0 Å². The molecule has 0 aliphatic rings. The molecule has 0 bridgehead atoms. The molecule has 0 aliphatic heterocycles. The van der Waals surface area contributed by atoms with Crippen molar-refractivity contribution in [2.75, 3.05) is 6.54 Å². The summed E-state index contributed by atoms with van der Waals surface area (Å²) in [5.74, 6) is 1.62. The van der Waals surface area contributed by atoms with Gasteiger partial charge in [0.15, 0.2) is 0 Å². The zero-order chi connectivity index (χ0) is 15.2. The number of rotatable bonds is 8. The average molecular weight is 290 g/mol. The molecule has 0 unspecified atom stereocenters. The highest BCUT2D eigenvalue weighted by Crippen LogP contribution is 2.09. The molecule has 6 nitrogen and oxygen atoms in total. The van der Waals surface area contributed by atoms with Crippen molar-refractivity contribution in [2.45, 2.75) is 53.8 Å². The van der Waals surface area contributed by atoms with Gasteiger partial charge in [-0.3, -0.25) is 4.68 Å². The second-order valence-corrected chi connectivity index (χ2v) is 5.84. The Labute approximate surface area is 126 Å². The van der Waals surface area contributed by atoms with Crippen LogP contribution in [0.3, 0.4) is 0 Å². The van der Waals surface area contributed by atoms with Gasteiger partial charge in [-0.25, -0.2) is 9.67 Å². The number of aryl methyl sites for hydroxylation is 1. The molecular formula is C15H26N6. The second kappa shape index (κ2) is 7.36. The molecule has 2 heterocycles. The van der Waals surface area contributed by atoms with Gasteiger partial charge in [0.25, 0.3) is 0 Å². The van der Waals surface area contributed by atoms with Gasteiger partial charge in [-0.15, -0.1) is 0 Å². The van der Waals surface area contributed by atoms with Gasteiger partial charge in [0.2, 0.25) is 0 Å². The van der Waals surface area contributed by atoms with E-state index in [1.165, 1.54) is 11.3 Å². The van der Waals surface area contributed by atoms with Gasteiger partial charge in [0.1, 0.15) is 18.7 Å². The van der Waals surface area contributed by atoms with Crippen molar-refractivity contribution in [3.8, 4) is 0 Å². The van der Waals surface area contributed by atoms with E-state index in [1.54, 1.807) is 6.33 Å². The summed E-state index contributed by atoms with van der Waals surface area (Å²) in [5, 5.41) is 12.2. The maximum atomic E-state index is 4.49. The van der Waals surface area contributed by atoms with E-state index in [4.69, 9.17) is 0 Å². The molecule has 0 aromatic carbocycles. The predicted octanol–water partition coefficient (Wildman–Crippen LogP) is 1.99. The Balaban J connectivity index is 2.01. The summed E-state index contributed by atoms with van der Waals surface area (Å²) in [6.45, 7) is 12.1. The SMILES string of the molecule is CCCn1ncnc1Cn1ncc(CNCC(C)C)c1C. The number of hydrogen-bond acceptors (Lipinski definition) is 4. The van der Waals surface area contributed by atoms with E-state index in [0.717, 1.165) is 31.9 Å². The Hall–Kier alpha value is -1.69. The van der Waals surface area contributed by atoms with Crippen molar-refractivity contribution in [3.63, 3.8) is 0 Å². The second-order valence-electron chi connectivity index (χ2n) is 5.84. The molecule has 116 valence electrons. The van der Waals surface area contributed by atoms with Crippen molar-refractivity contribution in [2.24, 2.45) is 5.92 Å². The van der Waals surface area contributed by atoms with Crippen LogP contribution < -0.4 is 5.32 Å². The Morgan fingerprint density at radius 3 is 2.76 bits per heavy atom. The zero-order valence-electron chi connectivity index (χ0n) is 13.5. The first kappa shape index (κ1) is 15.7. The van der Waals surface area contributed by atoms with Gasteiger partial charge < -0.3 is 5.32 Å². The van der Waals surface area contributed by atoms with Crippen LogP contribution in [0.2, 0.25) is 0 Å². The largest absolute Gasteiger partial charge is 0.312 e. The highest BCUT2D eigenvalue weighted by atomic mass is 15.4. The van der Waals surface area contributed by atoms with Crippen LogP contribution in [0.1, 0.15) is 44.3 Å². The molecule has 0 aliphatic carbocycles. The highest BCUT2D eigenvalue weighted by Gasteiger charge is 2.10. The number of nitrogens with one attached hydrogen (secondary N) is 1. The van der Waals surface area contributed by atoms with E-state index in [9.17, 15) is 0 Å². The first-order valence-corrected chi connectivity index (χ1v) is 7.70. The van der Waals surface area contributed by atoms with Crippen molar-refractivity contribution < 1.29 is 0 Å². The molecule has 0 spiro atoms. The third kappa shape index (κ3) is 4.14. The highest BCUT2D eigenvalue weighted by molar-refractivity contribution is 5.16. The van der Waals surface area contributed by atoms with Crippen LogP contribution >= 0.6 is 0 Å². The fourth-order valence-electron chi connectivity index (χ4n) is 2.26. The molecule has 0 saturated heterocycles. The maximum absolute atomic E-state index is 4.49. The third-order valence-corrected chi connectivity index (χ3v) is 3.50. The predicted molar refractivity (Wildman–Crippen MR) is 82.9 cm³/mol. The third-order valence-electron chi connectivity index (χ3n) is 3.50. The summed E-state index contributed by atoms with van der Waals surface area (Å²) >= 11 is 0. The van der Waals surface area contributed by atoms with Crippen molar-refractivity contribution in [3.05, 3.63) is 29.6 Å². The first-order chi connectivity index (χ1) is 10.1. The number of aromatic nitrogens is 5. The topological polar surface area (TPSA) is 60.6 Å². The molecule has 2 aromatic heterocycles. The Bertz CT molecular complexity index is 554. The lowest BCUT2D eigenvalue weighted by Crippen LogP contribution is -2.19. The van der Waals surface area contributed by atoms with Crippen LogP contribution in [0, 0.1) is 12.8 Å². The van der Waals surface area contributed by atoms with E-state index in [1.807, 2.05) is 15.6 Å².